The highest BCUT2D eigenvalue weighted by atomic mass is 35.5. The fourth-order valence-electron chi connectivity index (χ4n) is 4.12. The van der Waals surface area contributed by atoms with Gasteiger partial charge >= 0.3 is 0 Å². The van der Waals surface area contributed by atoms with Gasteiger partial charge in [-0.15, -0.1) is 12.4 Å². The van der Waals surface area contributed by atoms with Crippen LogP contribution in [0.4, 0.5) is 0 Å². The predicted molar refractivity (Wildman–Crippen MR) is 118 cm³/mol. The topological polar surface area (TPSA) is 40.3 Å². The lowest BCUT2D eigenvalue weighted by Gasteiger charge is -2.32. The molecule has 2 N–H and O–H groups in total. The minimum atomic E-state index is 0. The normalized spacial score (nSPS) is 18.1. The largest absolute Gasteiger partial charge is 0.375 e. The van der Waals surface area contributed by atoms with E-state index in [1.54, 1.807) is 0 Å². The Kier molecular flexibility index (Phi) is 7.51. The Hall–Kier alpha value is -1.85. The summed E-state index contributed by atoms with van der Waals surface area (Å²) in [5, 5.41) is 4.83. The van der Waals surface area contributed by atoms with Crippen LogP contribution in [-0.4, -0.2) is 49.3 Å². The number of benzene rings is 2. The molecule has 0 bridgehead atoms. The number of hydrogen-bond acceptors (Lipinski definition) is 3. The summed E-state index contributed by atoms with van der Waals surface area (Å²) < 4.78 is 6.17. The summed E-state index contributed by atoms with van der Waals surface area (Å²) in [5.41, 5.74) is 3.95. The number of morpholine rings is 1. The Morgan fingerprint density at radius 3 is 2.68 bits per heavy atom. The summed E-state index contributed by atoms with van der Waals surface area (Å²) in [5.74, 6) is 0.382. The number of aromatic amines is 1. The van der Waals surface area contributed by atoms with Crippen molar-refractivity contribution in [2.75, 3.05) is 33.3 Å². The summed E-state index contributed by atoms with van der Waals surface area (Å²) in [6.07, 6.45) is 3.49. The second kappa shape index (κ2) is 10.1. The van der Waals surface area contributed by atoms with Crippen molar-refractivity contribution in [2.24, 2.45) is 0 Å². The first-order valence-corrected chi connectivity index (χ1v) is 9.92. The van der Waals surface area contributed by atoms with Gasteiger partial charge in [-0.3, -0.25) is 0 Å². The van der Waals surface area contributed by atoms with E-state index in [9.17, 15) is 0 Å². The zero-order valence-electron chi connectivity index (χ0n) is 16.4. The van der Waals surface area contributed by atoms with E-state index in [2.05, 4.69) is 83.0 Å². The maximum Gasteiger partial charge on any atom is 0.0769 e. The molecule has 2 aromatic carbocycles. The minimum absolute atomic E-state index is 0. The first-order valence-electron chi connectivity index (χ1n) is 9.92. The quantitative estimate of drug-likeness (QED) is 0.626. The van der Waals surface area contributed by atoms with Crippen LogP contribution in [0.1, 0.15) is 23.5 Å². The third kappa shape index (κ3) is 4.95. The molecule has 0 aliphatic carbocycles. The molecule has 2 atom stereocenters. The maximum absolute atomic E-state index is 6.17. The predicted octanol–water partition coefficient (Wildman–Crippen LogP) is 4.18. The maximum atomic E-state index is 6.17. The van der Waals surface area contributed by atoms with Crippen LogP contribution in [0.15, 0.2) is 60.8 Å². The van der Waals surface area contributed by atoms with Crippen molar-refractivity contribution in [1.29, 1.82) is 0 Å². The number of nitrogens with one attached hydrogen (secondary N) is 2. The molecule has 150 valence electrons. The molecule has 1 aliphatic heterocycles. The fourth-order valence-corrected chi connectivity index (χ4v) is 4.12. The van der Waals surface area contributed by atoms with Crippen LogP contribution in [0.3, 0.4) is 0 Å². The molecule has 0 spiro atoms. The minimum Gasteiger partial charge on any atom is -0.375 e. The summed E-state index contributed by atoms with van der Waals surface area (Å²) in [6.45, 7) is 4.69. The first-order chi connectivity index (χ1) is 13.3. The highest BCUT2D eigenvalue weighted by molar-refractivity contribution is 5.85. The fraction of sp³-hybridized carbons (Fsp3) is 0.391. The van der Waals surface area contributed by atoms with Crippen molar-refractivity contribution >= 4 is 23.3 Å². The summed E-state index contributed by atoms with van der Waals surface area (Å²) in [6, 6.07) is 19.3. The lowest BCUT2D eigenvalue weighted by atomic mass is 9.89. The van der Waals surface area contributed by atoms with Gasteiger partial charge in [0.2, 0.25) is 0 Å². The standard InChI is InChI=1S/C23H29N3O.ClH/c1-26(17-18-7-3-2-4-8-18)13-11-20(23-16-24-12-14-27-23)21-15-25-22-10-6-5-9-19(21)22;/h2-10,15,20,23-25H,11-14,16-17H2,1H3;1H. The highest BCUT2D eigenvalue weighted by Gasteiger charge is 2.28. The molecule has 4 nitrogen and oxygen atoms in total. The molecular weight excluding hydrogens is 370 g/mol. The average Bonchev–Trinajstić information content (AvgIpc) is 3.14. The molecule has 4 rings (SSSR count). The van der Waals surface area contributed by atoms with Crippen LogP contribution >= 0.6 is 12.4 Å². The van der Waals surface area contributed by atoms with Crippen LogP contribution in [0.25, 0.3) is 10.9 Å². The Morgan fingerprint density at radius 2 is 1.89 bits per heavy atom. The van der Waals surface area contributed by atoms with E-state index in [0.717, 1.165) is 39.2 Å². The molecule has 1 aliphatic rings. The van der Waals surface area contributed by atoms with E-state index in [4.69, 9.17) is 4.74 Å². The molecular formula is C23H30ClN3O. The number of fused-ring (bicyclic) bond motifs is 1. The van der Waals surface area contributed by atoms with Gasteiger partial charge in [0, 0.05) is 42.7 Å². The SMILES string of the molecule is CN(CCC(c1c[nH]c2ccccc12)C1CNCCO1)Cc1ccccc1.Cl. The van der Waals surface area contributed by atoms with Gasteiger partial charge < -0.3 is 19.9 Å². The second-order valence-electron chi connectivity index (χ2n) is 7.52. The van der Waals surface area contributed by atoms with Gasteiger partial charge in [-0.1, -0.05) is 48.5 Å². The Bertz CT molecular complexity index is 845. The monoisotopic (exact) mass is 399 g/mol. The summed E-state index contributed by atoms with van der Waals surface area (Å²) in [4.78, 5) is 5.86. The van der Waals surface area contributed by atoms with Crippen LogP contribution < -0.4 is 5.32 Å². The van der Waals surface area contributed by atoms with E-state index in [-0.39, 0.29) is 18.5 Å². The van der Waals surface area contributed by atoms with Crippen molar-refractivity contribution in [3.05, 3.63) is 71.9 Å². The zero-order chi connectivity index (χ0) is 18.5. The molecule has 1 aromatic heterocycles. The van der Waals surface area contributed by atoms with Gasteiger partial charge in [0.15, 0.2) is 0 Å². The molecule has 0 radical (unpaired) electrons. The van der Waals surface area contributed by atoms with E-state index in [0.29, 0.717) is 5.92 Å². The van der Waals surface area contributed by atoms with Crippen LogP contribution in [-0.2, 0) is 11.3 Å². The van der Waals surface area contributed by atoms with Crippen molar-refractivity contribution in [3.63, 3.8) is 0 Å². The lowest BCUT2D eigenvalue weighted by Crippen LogP contribution is -2.42. The Balaban J connectivity index is 0.00000225. The number of para-hydroxylation sites is 1. The molecule has 2 unspecified atom stereocenters. The molecule has 28 heavy (non-hydrogen) atoms. The van der Waals surface area contributed by atoms with Crippen LogP contribution in [0.2, 0.25) is 0 Å². The van der Waals surface area contributed by atoms with E-state index in [1.165, 1.54) is 22.0 Å². The number of H-pyrrole nitrogens is 1. The number of nitrogens with zero attached hydrogens (tertiary/aromatic N) is 1. The van der Waals surface area contributed by atoms with E-state index >= 15 is 0 Å². The van der Waals surface area contributed by atoms with Gasteiger partial charge in [-0.05, 0) is 37.2 Å². The average molecular weight is 400 g/mol. The Morgan fingerprint density at radius 1 is 1.11 bits per heavy atom. The third-order valence-electron chi connectivity index (χ3n) is 5.54. The number of rotatable bonds is 7. The van der Waals surface area contributed by atoms with Crippen molar-refractivity contribution in [3.8, 4) is 0 Å². The number of aromatic nitrogens is 1. The van der Waals surface area contributed by atoms with E-state index in [1.807, 2.05) is 0 Å². The Labute approximate surface area is 173 Å². The zero-order valence-corrected chi connectivity index (χ0v) is 17.3. The van der Waals surface area contributed by atoms with Gasteiger partial charge in [0.1, 0.15) is 0 Å². The van der Waals surface area contributed by atoms with Crippen molar-refractivity contribution in [1.82, 2.24) is 15.2 Å². The van der Waals surface area contributed by atoms with Gasteiger partial charge in [0.05, 0.1) is 12.7 Å². The lowest BCUT2D eigenvalue weighted by molar-refractivity contribution is 0.00793. The molecule has 1 fully saturated rings. The van der Waals surface area contributed by atoms with Gasteiger partial charge in [0.25, 0.3) is 0 Å². The van der Waals surface area contributed by atoms with Crippen LogP contribution in [0, 0.1) is 0 Å². The molecule has 0 saturated carbocycles. The second-order valence-corrected chi connectivity index (χ2v) is 7.52. The number of halogens is 1. The first kappa shape index (κ1) is 20.9. The van der Waals surface area contributed by atoms with Crippen LogP contribution in [0.5, 0.6) is 0 Å². The molecule has 1 saturated heterocycles. The molecule has 2 heterocycles. The van der Waals surface area contributed by atoms with Crippen molar-refractivity contribution < 1.29 is 4.74 Å². The highest BCUT2D eigenvalue weighted by Crippen LogP contribution is 2.32. The molecule has 3 aromatic rings. The van der Waals surface area contributed by atoms with Gasteiger partial charge in [-0.2, -0.15) is 0 Å². The van der Waals surface area contributed by atoms with Crippen molar-refractivity contribution in [2.45, 2.75) is 25.0 Å². The van der Waals surface area contributed by atoms with E-state index < -0.39 is 0 Å². The summed E-state index contributed by atoms with van der Waals surface area (Å²) in [7, 11) is 2.21. The number of ether oxygens (including phenoxy) is 1. The van der Waals surface area contributed by atoms with Gasteiger partial charge in [-0.25, -0.2) is 0 Å². The molecule has 5 heteroatoms. The molecule has 0 amide bonds. The third-order valence-corrected chi connectivity index (χ3v) is 5.54. The summed E-state index contributed by atoms with van der Waals surface area (Å²) >= 11 is 0. The number of hydrogen-bond donors (Lipinski definition) is 2. The smallest absolute Gasteiger partial charge is 0.0769 e.